The molecular weight excluding hydrogens is 421 g/mol. The second-order valence-electron chi connectivity index (χ2n) is 7.49. The third-order valence-electron chi connectivity index (χ3n) is 5.42. The van der Waals surface area contributed by atoms with Gasteiger partial charge in [-0.25, -0.2) is 17.5 Å². The summed E-state index contributed by atoms with van der Waals surface area (Å²) in [5, 5.41) is 2.94. The van der Waals surface area contributed by atoms with Gasteiger partial charge in [0, 0.05) is 31.1 Å². The number of piperidine rings is 1. The fourth-order valence-electron chi connectivity index (χ4n) is 3.51. The van der Waals surface area contributed by atoms with Crippen LogP contribution in [0, 0.1) is 5.82 Å². The molecule has 0 bridgehead atoms. The first-order valence-corrected chi connectivity index (χ1v) is 11.6. The van der Waals surface area contributed by atoms with Gasteiger partial charge in [-0.1, -0.05) is 12.1 Å². The molecule has 166 valence electrons. The minimum absolute atomic E-state index is 0.0247. The number of aryl methyl sites for hydroxylation is 1. The molecule has 0 radical (unpaired) electrons. The molecule has 7 nitrogen and oxygen atoms in total. The quantitative estimate of drug-likeness (QED) is 0.679. The molecule has 0 saturated carbocycles. The lowest BCUT2D eigenvalue weighted by atomic mass is 10.0. The van der Waals surface area contributed by atoms with Crippen molar-refractivity contribution in [2.75, 3.05) is 20.1 Å². The van der Waals surface area contributed by atoms with Crippen LogP contribution < -0.4 is 10.0 Å². The van der Waals surface area contributed by atoms with Gasteiger partial charge in [0.15, 0.2) is 0 Å². The van der Waals surface area contributed by atoms with E-state index in [9.17, 15) is 22.4 Å². The highest BCUT2D eigenvalue weighted by Gasteiger charge is 2.24. The number of nitrogens with zero attached hydrogens (tertiary/aromatic N) is 1. The van der Waals surface area contributed by atoms with Gasteiger partial charge in [-0.3, -0.25) is 9.59 Å². The predicted molar refractivity (Wildman–Crippen MR) is 114 cm³/mol. The summed E-state index contributed by atoms with van der Waals surface area (Å²) in [6.45, 7) is 1.12. The molecule has 2 N–H and O–H groups in total. The van der Waals surface area contributed by atoms with Crippen LogP contribution in [-0.2, 0) is 21.2 Å². The van der Waals surface area contributed by atoms with Gasteiger partial charge in [0.2, 0.25) is 15.9 Å². The molecule has 1 aliphatic heterocycles. The molecule has 2 aromatic carbocycles. The molecule has 1 aliphatic rings. The van der Waals surface area contributed by atoms with Gasteiger partial charge in [0.05, 0.1) is 4.90 Å². The third kappa shape index (κ3) is 6.11. The van der Waals surface area contributed by atoms with Crippen LogP contribution >= 0.6 is 0 Å². The van der Waals surface area contributed by atoms with Crippen LogP contribution in [0.4, 0.5) is 4.39 Å². The molecule has 0 aromatic heterocycles. The van der Waals surface area contributed by atoms with Crippen LogP contribution in [0.25, 0.3) is 0 Å². The molecule has 0 unspecified atom stereocenters. The van der Waals surface area contributed by atoms with Crippen LogP contribution in [-0.4, -0.2) is 51.3 Å². The molecular formula is C22H26FN3O4S. The summed E-state index contributed by atoms with van der Waals surface area (Å²) >= 11 is 0. The number of hydrogen-bond acceptors (Lipinski definition) is 4. The lowest BCUT2D eigenvalue weighted by Gasteiger charge is -2.32. The zero-order valence-corrected chi connectivity index (χ0v) is 18.1. The Hall–Kier alpha value is -2.78. The maximum absolute atomic E-state index is 13.0. The Balaban J connectivity index is 1.44. The first-order valence-electron chi connectivity index (χ1n) is 10.1. The minimum atomic E-state index is -3.47. The number of amides is 2. The maximum atomic E-state index is 13.0. The van der Waals surface area contributed by atoms with E-state index in [0.717, 1.165) is 5.56 Å². The Morgan fingerprint density at radius 1 is 1.03 bits per heavy atom. The Bertz CT molecular complexity index is 1020. The number of carbonyl (C=O) groups is 2. The summed E-state index contributed by atoms with van der Waals surface area (Å²) < 4.78 is 38.8. The monoisotopic (exact) mass is 447 g/mol. The standard InChI is InChI=1S/C22H26FN3O4S/c1-24-31(29,30)20-9-2-16(3-10-20)4-11-21(27)26-14-12-19(13-15-26)25-22(28)17-5-7-18(23)8-6-17/h2-3,5-10,19,24H,4,11-15H2,1H3,(H,25,28). The van der Waals surface area contributed by atoms with Crippen molar-refractivity contribution in [3.63, 3.8) is 0 Å². The molecule has 3 rings (SSSR count). The third-order valence-corrected chi connectivity index (χ3v) is 6.85. The van der Waals surface area contributed by atoms with E-state index in [-0.39, 0.29) is 28.6 Å². The van der Waals surface area contributed by atoms with E-state index in [0.29, 0.717) is 44.3 Å². The average Bonchev–Trinajstić information content (AvgIpc) is 2.78. The second kappa shape index (κ2) is 10.0. The van der Waals surface area contributed by atoms with Gasteiger partial charge in [0.25, 0.3) is 5.91 Å². The van der Waals surface area contributed by atoms with Crippen molar-refractivity contribution < 1.29 is 22.4 Å². The fraction of sp³-hybridized carbons (Fsp3) is 0.364. The van der Waals surface area contributed by atoms with Crippen molar-refractivity contribution in [3.05, 3.63) is 65.5 Å². The van der Waals surface area contributed by atoms with Gasteiger partial charge in [-0.05, 0) is 68.3 Å². The highest BCUT2D eigenvalue weighted by atomic mass is 32.2. The molecule has 9 heteroatoms. The summed E-state index contributed by atoms with van der Waals surface area (Å²) in [7, 11) is -2.11. The van der Waals surface area contributed by atoms with E-state index in [4.69, 9.17) is 0 Å². The normalized spacial score (nSPS) is 15.0. The highest BCUT2D eigenvalue weighted by Crippen LogP contribution is 2.15. The SMILES string of the molecule is CNS(=O)(=O)c1ccc(CCC(=O)N2CCC(NC(=O)c3ccc(F)cc3)CC2)cc1. The zero-order valence-electron chi connectivity index (χ0n) is 17.3. The van der Waals surface area contributed by atoms with Crippen LogP contribution in [0.2, 0.25) is 0 Å². The van der Waals surface area contributed by atoms with Crippen LogP contribution in [0.5, 0.6) is 0 Å². The molecule has 0 aliphatic carbocycles. The summed E-state index contributed by atoms with van der Waals surface area (Å²) in [6.07, 6.45) is 2.19. The molecule has 31 heavy (non-hydrogen) atoms. The number of nitrogens with one attached hydrogen (secondary N) is 2. The van der Waals surface area contributed by atoms with E-state index in [1.807, 2.05) is 0 Å². The van der Waals surface area contributed by atoms with E-state index in [2.05, 4.69) is 10.0 Å². The number of halogens is 1. The fourth-order valence-corrected chi connectivity index (χ4v) is 4.24. The Morgan fingerprint density at radius 3 is 2.23 bits per heavy atom. The number of hydrogen-bond donors (Lipinski definition) is 2. The topological polar surface area (TPSA) is 95.6 Å². The minimum Gasteiger partial charge on any atom is -0.349 e. The van der Waals surface area contributed by atoms with Crippen molar-refractivity contribution in [3.8, 4) is 0 Å². The first-order chi connectivity index (χ1) is 14.8. The Morgan fingerprint density at radius 2 is 1.65 bits per heavy atom. The van der Waals surface area contributed by atoms with Gasteiger partial charge in [0.1, 0.15) is 5.82 Å². The van der Waals surface area contributed by atoms with Crippen molar-refractivity contribution in [1.29, 1.82) is 0 Å². The summed E-state index contributed by atoms with van der Waals surface area (Å²) in [6, 6.07) is 11.9. The summed E-state index contributed by atoms with van der Waals surface area (Å²) in [5.74, 6) is -0.592. The van der Waals surface area contributed by atoms with E-state index in [1.54, 1.807) is 17.0 Å². The van der Waals surface area contributed by atoms with Gasteiger partial charge in [-0.2, -0.15) is 0 Å². The number of carbonyl (C=O) groups excluding carboxylic acids is 2. The molecule has 0 atom stereocenters. The van der Waals surface area contributed by atoms with Crippen molar-refractivity contribution in [2.24, 2.45) is 0 Å². The zero-order chi connectivity index (χ0) is 22.4. The first kappa shape index (κ1) is 22.9. The van der Waals surface area contributed by atoms with Gasteiger partial charge >= 0.3 is 0 Å². The van der Waals surface area contributed by atoms with E-state index < -0.39 is 10.0 Å². The number of sulfonamides is 1. The van der Waals surface area contributed by atoms with Gasteiger partial charge < -0.3 is 10.2 Å². The predicted octanol–water partition coefficient (Wildman–Crippen LogP) is 2.09. The highest BCUT2D eigenvalue weighted by molar-refractivity contribution is 7.89. The van der Waals surface area contributed by atoms with Crippen molar-refractivity contribution in [1.82, 2.24) is 14.9 Å². The van der Waals surface area contributed by atoms with Crippen LogP contribution in [0.3, 0.4) is 0 Å². The molecule has 2 aromatic rings. The summed E-state index contributed by atoms with van der Waals surface area (Å²) in [4.78, 5) is 26.8. The Labute approximate surface area is 181 Å². The molecule has 1 fully saturated rings. The maximum Gasteiger partial charge on any atom is 0.251 e. The van der Waals surface area contributed by atoms with Crippen molar-refractivity contribution >= 4 is 21.8 Å². The van der Waals surface area contributed by atoms with E-state index in [1.165, 1.54) is 43.4 Å². The largest absolute Gasteiger partial charge is 0.349 e. The average molecular weight is 448 g/mol. The van der Waals surface area contributed by atoms with Crippen LogP contribution in [0.1, 0.15) is 35.2 Å². The Kier molecular flexibility index (Phi) is 7.40. The summed E-state index contributed by atoms with van der Waals surface area (Å²) in [5.41, 5.74) is 1.30. The molecule has 2 amide bonds. The smallest absolute Gasteiger partial charge is 0.251 e. The lowest BCUT2D eigenvalue weighted by Crippen LogP contribution is -2.46. The number of likely N-dealkylation sites (tertiary alicyclic amines) is 1. The van der Waals surface area contributed by atoms with Crippen molar-refractivity contribution in [2.45, 2.75) is 36.6 Å². The second-order valence-corrected chi connectivity index (χ2v) is 9.37. The number of rotatable bonds is 7. The number of benzene rings is 2. The lowest BCUT2D eigenvalue weighted by molar-refractivity contribution is -0.132. The van der Waals surface area contributed by atoms with E-state index >= 15 is 0 Å². The van der Waals surface area contributed by atoms with Crippen LogP contribution in [0.15, 0.2) is 53.4 Å². The van der Waals surface area contributed by atoms with Gasteiger partial charge in [-0.15, -0.1) is 0 Å². The molecule has 1 heterocycles. The molecule has 0 spiro atoms. The molecule has 1 saturated heterocycles.